The van der Waals surface area contributed by atoms with Gasteiger partial charge in [0, 0.05) is 24.8 Å². The summed E-state index contributed by atoms with van der Waals surface area (Å²) in [7, 11) is 0. The summed E-state index contributed by atoms with van der Waals surface area (Å²) in [5, 5.41) is 10.0. The summed E-state index contributed by atoms with van der Waals surface area (Å²) in [5.74, 6) is 0.232. The summed E-state index contributed by atoms with van der Waals surface area (Å²) < 4.78 is 5.14. The molecule has 7 heteroatoms. The van der Waals surface area contributed by atoms with Crippen LogP contribution in [0.3, 0.4) is 0 Å². The number of aryl methyl sites for hydroxylation is 1. The van der Waals surface area contributed by atoms with Gasteiger partial charge in [0.05, 0.1) is 6.54 Å². The van der Waals surface area contributed by atoms with Crippen LogP contribution in [0.25, 0.3) is 0 Å². The number of hydrogen-bond acceptors (Lipinski definition) is 6. The Morgan fingerprint density at radius 1 is 1.48 bits per heavy atom. The Hall–Kier alpha value is -2.57. The second kappa shape index (κ2) is 5.43. The molecule has 0 fully saturated rings. The Labute approximate surface area is 122 Å². The number of carbonyl (C=O) groups is 1. The lowest BCUT2D eigenvalue weighted by Gasteiger charge is -2.31. The molecule has 1 aromatic heterocycles. The maximum atomic E-state index is 12.1. The number of anilines is 3. The molecule has 7 nitrogen and oxygen atoms in total. The highest BCUT2D eigenvalue weighted by atomic mass is 16.4. The molecule has 1 aliphatic heterocycles. The maximum Gasteiger partial charge on any atom is 0.322 e. The second-order valence-corrected chi connectivity index (χ2v) is 5.04. The number of fused-ring (bicyclic) bond motifs is 1. The molecule has 0 radical (unpaired) electrons. The molecule has 2 heterocycles. The van der Waals surface area contributed by atoms with Gasteiger partial charge in [0.15, 0.2) is 0 Å². The van der Waals surface area contributed by atoms with E-state index in [9.17, 15) is 4.79 Å². The van der Waals surface area contributed by atoms with Crippen LogP contribution in [0, 0.1) is 6.92 Å². The Balaban J connectivity index is 1.71. The minimum atomic E-state index is -0.186. The van der Waals surface area contributed by atoms with Crippen LogP contribution >= 0.6 is 0 Å². The monoisotopic (exact) mass is 287 g/mol. The van der Waals surface area contributed by atoms with E-state index in [1.165, 1.54) is 0 Å². The first-order valence-corrected chi connectivity index (χ1v) is 6.86. The van der Waals surface area contributed by atoms with E-state index in [1.807, 2.05) is 23.1 Å². The molecule has 0 saturated heterocycles. The average Bonchev–Trinajstić information content (AvgIpc) is 2.85. The number of nitrogens with zero attached hydrogens (tertiary/aromatic N) is 3. The number of nitrogens with one attached hydrogen (secondary N) is 1. The molecule has 0 spiro atoms. The highest BCUT2D eigenvalue weighted by Crippen LogP contribution is 2.30. The third-order valence-electron chi connectivity index (χ3n) is 3.49. The van der Waals surface area contributed by atoms with Crippen molar-refractivity contribution < 1.29 is 9.21 Å². The van der Waals surface area contributed by atoms with Crippen LogP contribution in [-0.2, 0) is 11.2 Å². The molecule has 0 atom stereocenters. The maximum absolute atomic E-state index is 12.1. The number of aromatic nitrogens is 2. The first-order valence-electron chi connectivity index (χ1n) is 6.86. The summed E-state index contributed by atoms with van der Waals surface area (Å²) >= 11 is 0. The number of benzene rings is 1. The minimum absolute atomic E-state index is 0.127. The van der Waals surface area contributed by atoms with Crippen molar-refractivity contribution in [2.24, 2.45) is 0 Å². The zero-order valence-electron chi connectivity index (χ0n) is 11.8. The zero-order valence-corrected chi connectivity index (χ0v) is 11.8. The van der Waals surface area contributed by atoms with Gasteiger partial charge in [-0.3, -0.25) is 10.1 Å². The number of nitrogens with two attached hydrogens (primary N) is 1. The Bertz CT molecular complexity index is 667. The van der Waals surface area contributed by atoms with E-state index in [2.05, 4.69) is 15.5 Å². The largest absolute Gasteiger partial charge is 0.408 e. The normalized spacial score (nSPS) is 13.9. The van der Waals surface area contributed by atoms with E-state index in [4.69, 9.17) is 10.2 Å². The number of amides is 1. The van der Waals surface area contributed by atoms with Crippen molar-refractivity contribution in [3.05, 3.63) is 29.7 Å². The molecule has 21 heavy (non-hydrogen) atoms. The van der Waals surface area contributed by atoms with Gasteiger partial charge in [-0.15, -0.1) is 5.10 Å². The third-order valence-corrected chi connectivity index (χ3v) is 3.49. The topological polar surface area (TPSA) is 97.3 Å². The summed E-state index contributed by atoms with van der Waals surface area (Å²) in [6.45, 7) is 2.73. The molecule has 3 rings (SSSR count). The van der Waals surface area contributed by atoms with E-state index in [0.29, 0.717) is 5.89 Å². The van der Waals surface area contributed by atoms with Crippen molar-refractivity contribution >= 4 is 23.3 Å². The van der Waals surface area contributed by atoms with Gasteiger partial charge in [-0.25, -0.2) is 0 Å². The van der Waals surface area contributed by atoms with Crippen molar-refractivity contribution in [1.29, 1.82) is 0 Å². The molecule has 1 amide bonds. The predicted molar refractivity (Wildman–Crippen MR) is 79.1 cm³/mol. The van der Waals surface area contributed by atoms with Crippen LogP contribution in [0.2, 0.25) is 0 Å². The van der Waals surface area contributed by atoms with E-state index in [-0.39, 0.29) is 18.5 Å². The fourth-order valence-corrected chi connectivity index (χ4v) is 2.57. The second-order valence-electron chi connectivity index (χ2n) is 5.04. The molecular formula is C14H17N5O2. The van der Waals surface area contributed by atoms with Crippen LogP contribution in [0.5, 0.6) is 0 Å². The molecular weight excluding hydrogens is 270 g/mol. The van der Waals surface area contributed by atoms with Crippen molar-refractivity contribution in [2.75, 3.05) is 29.0 Å². The quantitative estimate of drug-likeness (QED) is 0.827. The highest BCUT2D eigenvalue weighted by Gasteiger charge is 2.21. The van der Waals surface area contributed by atoms with Gasteiger partial charge in [-0.1, -0.05) is 11.2 Å². The number of carbonyl (C=O) groups excluding carboxylic acids is 1. The zero-order chi connectivity index (χ0) is 14.8. The Kier molecular flexibility index (Phi) is 3.47. The Morgan fingerprint density at radius 2 is 2.33 bits per heavy atom. The van der Waals surface area contributed by atoms with Gasteiger partial charge in [0.25, 0.3) is 0 Å². The lowest BCUT2D eigenvalue weighted by Crippen LogP contribution is -2.37. The number of rotatable bonds is 3. The van der Waals surface area contributed by atoms with E-state index in [1.54, 1.807) is 6.92 Å². The van der Waals surface area contributed by atoms with Gasteiger partial charge in [0.1, 0.15) is 0 Å². The Morgan fingerprint density at radius 3 is 3.10 bits per heavy atom. The number of nitrogen functional groups attached to an aromatic ring is 1. The molecule has 110 valence electrons. The van der Waals surface area contributed by atoms with Crippen molar-refractivity contribution in [2.45, 2.75) is 19.8 Å². The van der Waals surface area contributed by atoms with Crippen molar-refractivity contribution in [3.8, 4) is 0 Å². The molecule has 1 aromatic carbocycles. The van der Waals surface area contributed by atoms with Crippen LogP contribution in [0.4, 0.5) is 17.4 Å². The molecule has 0 unspecified atom stereocenters. The first kappa shape index (κ1) is 13.4. The summed E-state index contributed by atoms with van der Waals surface area (Å²) in [6, 6.07) is 5.92. The standard InChI is InChI=1S/C14H17N5O2/c1-9-17-18-14(21-9)16-13(20)8-19-7-3-4-10-11(15)5-2-6-12(10)19/h2,5-6H,3-4,7-8,15H2,1H3,(H,16,18,20). The molecule has 1 aliphatic rings. The van der Waals surface area contributed by atoms with Crippen molar-refractivity contribution in [1.82, 2.24) is 10.2 Å². The molecule has 2 aromatic rings. The van der Waals surface area contributed by atoms with Gasteiger partial charge in [0.2, 0.25) is 11.8 Å². The van der Waals surface area contributed by atoms with Gasteiger partial charge in [-0.05, 0) is 30.5 Å². The summed E-state index contributed by atoms with van der Waals surface area (Å²) in [6.07, 6.45) is 1.93. The summed E-state index contributed by atoms with van der Waals surface area (Å²) in [4.78, 5) is 14.1. The van der Waals surface area contributed by atoms with Gasteiger partial charge >= 0.3 is 6.01 Å². The van der Waals surface area contributed by atoms with Gasteiger partial charge in [-0.2, -0.15) is 0 Å². The van der Waals surface area contributed by atoms with Crippen LogP contribution < -0.4 is 16.0 Å². The van der Waals surface area contributed by atoms with E-state index < -0.39 is 0 Å². The van der Waals surface area contributed by atoms with Crippen molar-refractivity contribution in [3.63, 3.8) is 0 Å². The SMILES string of the molecule is Cc1nnc(NC(=O)CN2CCCc3c(N)cccc32)o1. The highest BCUT2D eigenvalue weighted by molar-refractivity contribution is 5.92. The number of hydrogen-bond donors (Lipinski definition) is 2. The lowest BCUT2D eigenvalue weighted by atomic mass is 10.00. The predicted octanol–water partition coefficient (Wildman–Crippen LogP) is 1.35. The third kappa shape index (κ3) is 2.81. The summed E-state index contributed by atoms with van der Waals surface area (Å²) in [5.41, 5.74) is 8.92. The lowest BCUT2D eigenvalue weighted by molar-refractivity contribution is -0.115. The van der Waals surface area contributed by atoms with Crippen LogP contribution in [0.15, 0.2) is 22.6 Å². The van der Waals surface area contributed by atoms with Crippen LogP contribution in [0.1, 0.15) is 17.9 Å². The van der Waals surface area contributed by atoms with E-state index >= 15 is 0 Å². The fraction of sp³-hybridized carbons (Fsp3) is 0.357. The smallest absolute Gasteiger partial charge is 0.322 e. The fourth-order valence-electron chi connectivity index (χ4n) is 2.57. The molecule has 0 saturated carbocycles. The van der Waals surface area contributed by atoms with Crippen LogP contribution in [-0.4, -0.2) is 29.2 Å². The van der Waals surface area contributed by atoms with Gasteiger partial charge < -0.3 is 15.1 Å². The molecule has 0 bridgehead atoms. The first-order chi connectivity index (χ1) is 10.1. The van der Waals surface area contributed by atoms with E-state index in [0.717, 1.165) is 36.3 Å². The average molecular weight is 287 g/mol. The minimum Gasteiger partial charge on any atom is -0.408 e. The molecule has 3 N–H and O–H groups in total. The molecule has 0 aliphatic carbocycles.